The number of aliphatic hydroxyl groups is 1. The zero-order valence-corrected chi connectivity index (χ0v) is 17.2. The van der Waals surface area contributed by atoms with Crippen molar-refractivity contribution in [2.45, 2.75) is 44.0 Å². The van der Waals surface area contributed by atoms with Crippen LogP contribution in [0.4, 0.5) is 17.6 Å². The van der Waals surface area contributed by atoms with Crippen LogP contribution < -0.4 is 10.3 Å². The third-order valence-corrected chi connectivity index (χ3v) is 5.32. The first-order valence-electron chi connectivity index (χ1n) is 9.45. The molecule has 5 nitrogen and oxygen atoms in total. The van der Waals surface area contributed by atoms with E-state index < -0.39 is 41.5 Å². The Balaban J connectivity index is 2.05. The van der Waals surface area contributed by atoms with Crippen molar-refractivity contribution in [1.82, 2.24) is 9.55 Å². The molecular weight excluding hydrogens is 416 g/mol. The van der Waals surface area contributed by atoms with E-state index in [1.807, 2.05) is 0 Å². The van der Waals surface area contributed by atoms with E-state index in [1.54, 1.807) is 18.2 Å². The molecule has 1 aromatic heterocycles. The molecule has 0 saturated carbocycles. The van der Waals surface area contributed by atoms with Gasteiger partial charge in [-0.2, -0.15) is 13.2 Å². The summed E-state index contributed by atoms with van der Waals surface area (Å²) in [4.78, 5) is 16.7. The highest BCUT2D eigenvalue weighted by Crippen LogP contribution is 2.44. The molecule has 0 radical (unpaired) electrons. The lowest BCUT2D eigenvalue weighted by atomic mass is 9.74. The van der Waals surface area contributed by atoms with Crippen molar-refractivity contribution >= 4 is 10.9 Å². The number of hydrogen-bond donors (Lipinski definition) is 1. The normalized spacial score (nSPS) is 14.5. The van der Waals surface area contributed by atoms with Gasteiger partial charge in [0.2, 0.25) is 0 Å². The van der Waals surface area contributed by atoms with E-state index >= 15 is 0 Å². The molecule has 9 heteroatoms. The highest BCUT2D eigenvalue weighted by atomic mass is 19.4. The van der Waals surface area contributed by atoms with Gasteiger partial charge < -0.3 is 9.84 Å². The standard InChI is InChI=1S/C22H22F4N2O3/c1-20(2,16-10-14(23)8-9-18(16)31-3)11-21(30,22(24,25)26)12-28-13-27-17-7-5-4-6-15(17)19(28)29/h4-10,13,30H,11-12H2,1-3H3. The quantitative estimate of drug-likeness (QED) is 0.586. The van der Waals surface area contributed by atoms with E-state index in [2.05, 4.69) is 4.98 Å². The summed E-state index contributed by atoms with van der Waals surface area (Å²) >= 11 is 0. The Morgan fingerprint density at radius 3 is 2.45 bits per heavy atom. The maximum atomic E-state index is 14.1. The summed E-state index contributed by atoms with van der Waals surface area (Å²) in [5, 5.41) is 10.9. The maximum Gasteiger partial charge on any atom is 0.418 e. The number of ether oxygens (including phenoxy) is 1. The third-order valence-electron chi connectivity index (χ3n) is 5.32. The monoisotopic (exact) mass is 438 g/mol. The predicted octanol–water partition coefficient (Wildman–Crippen LogP) is 4.21. The Morgan fingerprint density at radius 1 is 1.13 bits per heavy atom. The van der Waals surface area contributed by atoms with Gasteiger partial charge in [0.25, 0.3) is 5.56 Å². The van der Waals surface area contributed by atoms with Crippen molar-refractivity contribution in [3.05, 3.63) is 70.5 Å². The summed E-state index contributed by atoms with van der Waals surface area (Å²) in [5.74, 6) is -0.449. The van der Waals surface area contributed by atoms with E-state index in [9.17, 15) is 27.5 Å². The van der Waals surface area contributed by atoms with E-state index in [4.69, 9.17) is 4.74 Å². The largest absolute Gasteiger partial charge is 0.496 e. The fourth-order valence-corrected chi connectivity index (χ4v) is 3.78. The van der Waals surface area contributed by atoms with E-state index in [1.165, 1.54) is 33.1 Å². The van der Waals surface area contributed by atoms with Gasteiger partial charge in [0.15, 0.2) is 5.60 Å². The lowest BCUT2D eigenvalue weighted by molar-refractivity contribution is -0.271. The Labute approximate surface area is 175 Å². The molecule has 1 atom stereocenters. The third kappa shape index (κ3) is 4.41. The van der Waals surface area contributed by atoms with Gasteiger partial charge in [0.1, 0.15) is 11.6 Å². The van der Waals surface area contributed by atoms with Gasteiger partial charge in [-0.25, -0.2) is 9.37 Å². The zero-order valence-electron chi connectivity index (χ0n) is 17.2. The lowest BCUT2D eigenvalue weighted by Gasteiger charge is -2.38. The summed E-state index contributed by atoms with van der Waals surface area (Å²) in [6, 6.07) is 9.78. The van der Waals surface area contributed by atoms with Crippen LogP contribution in [-0.2, 0) is 12.0 Å². The van der Waals surface area contributed by atoms with E-state index in [-0.39, 0.29) is 16.7 Å². The zero-order chi connectivity index (χ0) is 23.0. The first-order valence-corrected chi connectivity index (χ1v) is 9.45. The molecule has 1 unspecified atom stereocenters. The van der Waals surface area contributed by atoms with Crippen LogP contribution in [0.2, 0.25) is 0 Å². The van der Waals surface area contributed by atoms with Crippen LogP contribution in [0, 0.1) is 5.82 Å². The average Bonchev–Trinajstić information content (AvgIpc) is 2.69. The van der Waals surface area contributed by atoms with Crippen molar-refractivity contribution in [2.75, 3.05) is 7.11 Å². The first kappa shape index (κ1) is 22.7. The molecule has 0 bridgehead atoms. The molecule has 0 amide bonds. The first-order chi connectivity index (χ1) is 14.4. The van der Waals surface area contributed by atoms with Gasteiger partial charge in [0, 0.05) is 5.56 Å². The number of methoxy groups -OCH3 is 1. The van der Waals surface area contributed by atoms with Crippen molar-refractivity contribution in [1.29, 1.82) is 0 Å². The number of benzene rings is 2. The molecule has 1 N–H and O–H groups in total. The molecule has 0 aliphatic carbocycles. The molecule has 3 aromatic rings. The molecule has 0 spiro atoms. The minimum atomic E-state index is -5.07. The van der Waals surface area contributed by atoms with Gasteiger partial charge in [-0.3, -0.25) is 9.36 Å². The van der Waals surface area contributed by atoms with Crippen molar-refractivity contribution < 1.29 is 27.4 Å². The number of fused-ring (bicyclic) bond motifs is 1. The van der Waals surface area contributed by atoms with Crippen LogP contribution >= 0.6 is 0 Å². The molecule has 1 heterocycles. The number of rotatable bonds is 6. The minimum absolute atomic E-state index is 0.139. The van der Waals surface area contributed by atoms with E-state index in [0.717, 1.165) is 23.0 Å². The summed E-state index contributed by atoms with van der Waals surface area (Å²) in [6.45, 7) is 1.83. The molecular formula is C22H22F4N2O3. The number of nitrogens with zero attached hydrogens (tertiary/aromatic N) is 2. The average molecular weight is 438 g/mol. The summed E-state index contributed by atoms with van der Waals surface area (Å²) in [6.07, 6.45) is -4.93. The molecule has 0 aliphatic rings. The Bertz CT molecular complexity index is 1160. The minimum Gasteiger partial charge on any atom is -0.496 e. The highest BCUT2D eigenvalue weighted by molar-refractivity contribution is 5.76. The van der Waals surface area contributed by atoms with Gasteiger partial charge in [-0.15, -0.1) is 0 Å². The van der Waals surface area contributed by atoms with Crippen LogP contribution in [-0.4, -0.2) is 33.5 Å². The van der Waals surface area contributed by atoms with Crippen LogP contribution in [0.25, 0.3) is 10.9 Å². The Kier molecular flexibility index (Phi) is 5.84. The topological polar surface area (TPSA) is 64.3 Å². The van der Waals surface area contributed by atoms with Crippen molar-refractivity contribution in [2.24, 2.45) is 0 Å². The Morgan fingerprint density at radius 2 is 1.81 bits per heavy atom. The SMILES string of the molecule is COc1ccc(F)cc1C(C)(C)CC(O)(Cn1cnc2ccccc2c1=O)C(F)(F)F. The number of alkyl halides is 3. The van der Waals surface area contributed by atoms with Crippen LogP contribution in [0.3, 0.4) is 0 Å². The number of hydrogen-bond acceptors (Lipinski definition) is 4. The van der Waals surface area contributed by atoms with Gasteiger partial charge in [-0.05, 0) is 42.2 Å². The summed E-state index contributed by atoms with van der Waals surface area (Å²) in [5.41, 5.74) is -4.84. The van der Waals surface area contributed by atoms with Crippen LogP contribution in [0.1, 0.15) is 25.8 Å². The molecule has 0 saturated heterocycles. The smallest absolute Gasteiger partial charge is 0.418 e. The molecule has 166 valence electrons. The van der Waals surface area contributed by atoms with Crippen LogP contribution in [0.15, 0.2) is 53.6 Å². The van der Waals surface area contributed by atoms with Crippen molar-refractivity contribution in [3.63, 3.8) is 0 Å². The van der Waals surface area contributed by atoms with Crippen molar-refractivity contribution in [3.8, 4) is 5.75 Å². The second-order valence-corrected chi connectivity index (χ2v) is 8.13. The molecule has 0 aliphatic heterocycles. The van der Waals surface area contributed by atoms with Crippen LogP contribution in [0.5, 0.6) is 5.75 Å². The molecule has 31 heavy (non-hydrogen) atoms. The fraction of sp³-hybridized carbons (Fsp3) is 0.364. The summed E-state index contributed by atoms with van der Waals surface area (Å²) < 4.78 is 61.9. The van der Waals surface area contributed by atoms with Gasteiger partial charge >= 0.3 is 6.18 Å². The molecule has 2 aromatic carbocycles. The Hall–Kier alpha value is -2.94. The second-order valence-electron chi connectivity index (χ2n) is 8.13. The maximum absolute atomic E-state index is 14.1. The lowest BCUT2D eigenvalue weighted by Crippen LogP contribution is -2.53. The second kappa shape index (κ2) is 7.96. The fourth-order valence-electron chi connectivity index (χ4n) is 3.78. The molecule has 3 rings (SSSR count). The predicted molar refractivity (Wildman–Crippen MR) is 108 cm³/mol. The van der Waals surface area contributed by atoms with Gasteiger partial charge in [-0.1, -0.05) is 26.0 Å². The number of para-hydroxylation sites is 1. The van der Waals surface area contributed by atoms with Gasteiger partial charge in [0.05, 0.1) is 30.9 Å². The number of aromatic nitrogens is 2. The number of halogens is 4. The highest BCUT2D eigenvalue weighted by Gasteiger charge is 2.56. The molecule has 0 fully saturated rings. The summed E-state index contributed by atoms with van der Waals surface area (Å²) in [7, 11) is 1.32. The van der Waals surface area contributed by atoms with E-state index in [0.29, 0.717) is 5.52 Å².